The zero-order valence-electron chi connectivity index (χ0n) is 8.88. The van der Waals surface area contributed by atoms with Crippen molar-refractivity contribution in [2.75, 3.05) is 5.32 Å². The van der Waals surface area contributed by atoms with E-state index in [1.807, 2.05) is 32.0 Å². The molecule has 15 heavy (non-hydrogen) atoms. The van der Waals surface area contributed by atoms with Crippen molar-refractivity contribution in [2.45, 2.75) is 26.3 Å². The highest BCUT2D eigenvalue weighted by Crippen LogP contribution is 2.25. The lowest BCUT2D eigenvalue weighted by Gasteiger charge is -2.12. The predicted octanol–water partition coefficient (Wildman–Crippen LogP) is 2.43. The summed E-state index contributed by atoms with van der Waals surface area (Å²) in [6, 6.07) is 5.27. The summed E-state index contributed by atoms with van der Waals surface area (Å²) >= 11 is 3.42. The molecule has 0 radical (unpaired) electrons. The molecular formula is C11H15BrN2O. The van der Waals surface area contributed by atoms with Crippen LogP contribution in [-0.4, -0.2) is 11.9 Å². The molecule has 0 aliphatic rings. The Morgan fingerprint density at radius 1 is 1.60 bits per heavy atom. The molecule has 1 rings (SSSR count). The van der Waals surface area contributed by atoms with E-state index in [0.717, 1.165) is 15.7 Å². The van der Waals surface area contributed by atoms with Gasteiger partial charge in [0, 0.05) is 4.47 Å². The Bertz CT molecular complexity index is 366. The van der Waals surface area contributed by atoms with Crippen molar-refractivity contribution in [1.82, 2.24) is 0 Å². The number of carbonyl (C=O) groups excluding carboxylic acids is 1. The molecule has 1 unspecified atom stereocenters. The topological polar surface area (TPSA) is 55.1 Å². The van der Waals surface area contributed by atoms with Gasteiger partial charge in [0.25, 0.3) is 0 Å². The van der Waals surface area contributed by atoms with Crippen LogP contribution in [0.15, 0.2) is 22.7 Å². The Morgan fingerprint density at radius 3 is 2.87 bits per heavy atom. The molecule has 0 aliphatic carbocycles. The average Bonchev–Trinajstić information content (AvgIpc) is 2.23. The second kappa shape index (κ2) is 5.28. The zero-order valence-corrected chi connectivity index (χ0v) is 10.5. The van der Waals surface area contributed by atoms with Gasteiger partial charge in [-0.3, -0.25) is 4.79 Å². The summed E-state index contributed by atoms with van der Waals surface area (Å²) in [4.78, 5) is 11.6. The second-order valence-corrected chi connectivity index (χ2v) is 4.23. The molecule has 0 saturated carbocycles. The van der Waals surface area contributed by atoms with Crippen LogP contribution in [0.2, 0.25) is 0 Å². The lowest BCUT2D eigenvalue weighted by Crippen LogP contribution is -2.34. The highest BCUT2D eigenvalue weighted by atomic mass is 79.9. The molecular weight excluding hydrogens is 256 g/mol. The number of aryl methyl sites for hydroxylation is 1. The SMILES string of the molecule is CCC(N)C(=O)Nc1cccc(C)c1Br. The number of nitrogens with two attached hydrogens (primary N) is 1. The Hall–Kier alpha value is -0.870. The molecule has 1 amide bonds. The quantitative estimate of drug-likeness (QED) is 0.887. The van der Waals surface area contributed by atoms with Crippen LogP contribution in [0.5, 0.6) is 0 Å². The monoisotopic (exact) mass is 270 g/mol. The third kappa shape index (κ3) is 3.04. The van der Waals surface area contributed by atoms with Gasteiger partial charge in [0.1, 0.15) is 0 Å². The fourth-order valence-electron chi connectivity index (χ4n) is 1.15. The molecule has 3 N–H and O–H groups in total. The van der Waals surface area contributed by atoms with Crippen LogP contribution >= 0.6 is 15.9 Å². The Morgan fingerprint density at radius 2 is 2.27 bits per heavy atom. The molecule has 0 spiro atoms. The number of amides is 1. The molecule has 0 aromatic heterocycles. The lowest BCUT2D eigenvalue weighted by atomic mass is 10.2. The predicted molar refractivity (Wildman–Crippen MR) is 65.8 cm³/mol. The van der Waals surface area contributed by atoms with Crippen molar-refractivity contribution >= 4 is 27.5 Å². The lowest BCUT2D eigenvalue weighted by molar-refractivity contribution is -0.117. The summed E-state index contributed by atoms with van der Waals surface area (Å²) in [5.74, 6) is -0.149. The fraction of sp³-hybridized carbons (Fsp3) is 0.364. The number of anilines is 1. The summed E-state index contributed by atoms with van der Waals surface area (Å²) in [5.41, 5.74) is 7.47. The van der Waals surface area contributed by atoms with Gasteiger partial charge in [0.15, 0.2) is 0 Å². The molecule has 3 nitrogen and oxygen atoms in total. The number of rotatable bonds is 3. The van der Waals surface area contributed by atoms with Gasteiger partial charge in [-0.25, -0.2) is 0 Å². The third-order valence-electron chi connectivity index (χ3n) is 2.23. The molecule has 0 aliphatic heterocycles. The van der Waals surface area contributed by atoms with Crippen molar-refractivity contribution in [3.8, 4) is 0 Å². The Kier molecular flexibility index (Phi) is 4.29. The first-order valence-electron chi connectivity index (χ1n) is 4.87. The number of carbonyl (C=O) groups is 1. The van der Waals surface area contributed by atoms with Crippen LogP contribution < -0.4 is 11.1 Å². The smallest absolute Gasteiger partial charge is 0.241 e. The Labute approximate surface area is 98.2 Å². The molecule has 0 bridgehead atoms. The number of benzene rings is 1. The van der Waals surface area contributed by atoms with E-state index in [2.05, 4.69) is 21.2 Å². The molecule has 1 aromatic carbocycles. The fourth-order valence-corrected chi connectivity index (χ4v) is 1.52. The molecule has 0 heterocycles. The third-order valence-corrected chi connectivity index (χ3v) is 3.28. The van der Waals surface area contributed by atoms with Crippen molar-refractivity contribution in [2.24, 2.45) is 5.73 Å². The van der Waals surface area contributed by atoms with E-state index in [0.29, 0.717) is 6.42 Å². The standard InChI is InChI=1S/C11H15BrN2O/c1-3-8(13)11(15)14-9-6-4-5-7(2)10(9)12/h4-6,8H,3,13H2,1-2H3,(H,14,15). The minimum atomic E-state index is -0.447. The van der Waals surface area contributed by atoms with Crippen LogP contribution in [0.1, 0.15) is 18.9 Å². The summed E-state index contributed by atoms with van der Waals surface area (Å²) in [5, 5.41) is 2.79. The molecule has 1 aromatic rings. The summed E-state index contributed by atoms with van der Waals surface area (Å²) in [6.45, 7) is 3.86. The first-order chi connectivity index (χ1) is 7.06. The molecule has 4 heteroatoms. The normalized spacial score (nSPS) is 12.3. The molecule has 0 saturated heterocycles. The van der Waals surface area contributed by atoms with Gasteiger partial charge < -0.3 is 11.1 Å². The van der Waals surface area contributed by atoms with E-state index in [9.17, 15) is 4.79 Å². The van der Waals surface area contributed by atoms with E-state index in [1.54, 1.807) is 0 Å². The number of hydrogen-bond acceptors (Lipinski definition) is 2. The average molecular weight is 271 g/mol. The Balaban J connectivity index is 2.81. The van der Waals surface area contributed by atoms with Gasteiger partial charge in [-0.05, 0) is 40.9 Å². The molecule has 82 valence electrons. The first-order valence-corrected chi connectivity index (χ1v) is 5.67. The van der Waals surface area contributed by atoms with E-state index in [-0.39, 0.29) is 5.91 Å². The minimum Gasteiger partial charge on any atom is -0.324 e. The summed E-state index contributed by atoms with van der Waals surface area (Å²) < 4.78 is 0.904. The molecule has 1 atom stereocenters. The van der Waals surface area contributed by atoms with Crippen LogP contribution in [0.25, 0.3) is 0 Å². The van der Waals surface area contributed by atoms with Crippen LogP contribution in [0.4, 0.5) is 5.69 Å². The highest BCUT2D eigenvalue weighted by Gasteiger charge is 2.12. The van der Waals surface area contributed by atoms with E-state index in [1.165, 1.54) is 0 Å². The summed E-state index contributed by atoms with van der Waals surface area (Å²) in [7, 11) is 0. The minimum absolute atomic E-state index is 0.149. The number of hydrogen-bond donors (Lipinski definition) is 2. The largest absolute Gasteiger partial charge is 0.324 e. The molecule has 0 fully saturated rings. The zero-order chi connectivity index (χ0) is 11.4. The van der Waals surface area contributed by atoms with Gasteiger partial charge in [0.2, 0.25) is 5.91 Å². The first kappa shape index (κ1) is 12.2. The van der Waals surface area contributed by atoms with Crippen molar-refractivity contribution < 1.29 is 4.79 Å². The maximum atomic E-state index is 11.6. The number of nitrogens with one attached hydrogen (secondary N) is 1. The maximum absolute atomic E-state index is 11.6. The second-order valence-electron chi connectivity index (χ2n) is 3.44. The van der Waals surface area contributed by atoms with Gasteiger partial charge in [-0.1, -0.05) is 19.1 Å². The van der Waals surface area contributed by atoms with Crippen molar-refractivity contribution in [3.63, 3.8) is 0 Å². The van der Waals surface area contributed by atoms with Crippen molar-refractivity contribution in [3.05, 3.63) is 28.2 Å². The van der Waals surface area contributed by atoms with E-state index in [4.69, 9.17) is 5.73 Å². The van der Waals surface area contributed by atoms with Crippen LogP contribution in [-0.2, 0) is 4.79 Å². The van der Waals surface area contributed by atoms with Gasteiger partial charge in [-0.15, -0.1) is 0 Å². The maximum Gasteiger partial charge on any atom is 0.241 e. The highest BCUT2D eigenvalue weighted by molar-refractivity contribution is 9.10. The van der Waals surface area contributed by atoms with Crippen LogP contribution in [0.3, 0.4) is 0 Å². The van der Waals surface area contributed by atoms with Gasteiger partial charge in [-0.2, -0.15) is 0 Å². The van der Waals surface area contributed by atoms with Crippen molar-refractivity contribution in [1.29, 1.82) is 0 Å². The summed E-state index contributed by atoms with van der Waals surface area (Å²) in [6.07, 6.45) is 0.634. The van der Waals surface area contributed by atoms with Crippen LogP contribution in [0, 0.1) is 6.92 Å². The van der Waals surface area contributed by atoms with Gasteiger partial charge in [0.05, 0.1) is 11.7 Å². The van der Waals surface area contributed by atoms with Gasteiger partial charge >= 0.3 is 0 Å². The van der Waals surface area contributed by atoms with E-state index < -0.39 is 6.04 Å². The van der Waals surface area contributed by atoms with E-state index >= 15 is 0 Å². The number of halogens is 1.